The second-order valence-electron chi connectivity index (χ2n) is 8.39. The van der Waals surface area contributed by atoms with E-state index in [2.05, 4.69) is 19.2 Å². The van der Waals surface area contributed by atoms with Gasteiger partial charge in [-0.15, -0.1) is 0 Å². The lowest BCUT2D eigenvalue weighted by atomic mass is 10.0. The largest absolute Gasteiger partial charge is 0.350 e. The quantitative estimate of drug-likeness (QED) is 0.510. The van der Waals surface area contributed by atoms with Crippen molar-refractivity contribution in [2.75, 3.05) is 10.2 Å². The van der Waals surface area contributed by atoms with E-state index in [1.54, 1.807) is 12.1 Å². The van der Waals surface area contributed by atoms with E-state index < -0.39 is 17.6 Å². The Bertz CT molecular complexity index is 1230. The highest BCUT2D eigenvalue weighted by Crippen LogP contribution is 2.35. The maximum atomic E-state index is 13.5. The summed E-state index contributed by atoms with van der Waals surface area (Å²) < 4.78 is 13.5. The fourth-order valence-corrected chi connectivity index (χ4v) is 3.86. The molecule has 4 rings (SSSR count). The molecule has 3 aromatic rings. The predicted molar refractivity (Wildman–Crippen MR) is 126 cm³/mol. The minimum absolute atomic E-state index is 0.182. The minimum Gasteiger partial charge on any atom is -0.350 e. The van der Waals surface area contributed by atoms with Gasteiger partial charge in [0.1, 0.15) is 11.5 Å². The second-order valence-corrected chi connectivity index (χ2v) is 8.39. The van der Waals surface area contributed by atoms with Gasteiger partial charge in [0, 0.05) is 5.69 Å². The van der Waals surface area contributed by atoms with Crippen molar-refractivity contribution in [3.8, 4) is 0 Å². The standard InChI is InChI=1S/C27H25FN2O2/c1-16(2)19-8-12-22(13-9-19)30-26(31)24(20-6-10-21(28)11-7-20)25(27(30)32)29-23-14-5-17(3)15-18(23)4/h5-16,29H,1-4H3. The lowest BCUT2D eigenvalue weighted by Crippen LogP contribution is -2.32. The summed E-state index contributed by atoms with van der Waals surface area (Å²) in [5.74, 6) is -0.947. The van der Waals surface area contributed by atoms with Crippen LogP contribution in [-0.4, -0.2) is 11.8 Å². The molecule has 3 aromatic carbocycles. The molecule has 0 aliphatic carbocycles. The molecule has 0 radical (unpaired) electrons. The van der Waals surface area contributed by atoms with Gasteiger partial charge in [0.05, 0.1) is 11.3 Å². The molecule has 5 heteroatoms. The summed E-state index contributed by atoms with van der Waals surface area (Å²) in [7, 11) is 0. The van der Waals surface area contributed by atoms with E-state index >= 15 is 0 Å². The van der Waals surface area contributed by atoms with E-state index in [9.17, 15) is 14.0 Å². The molecule has 0 fully saturated rings. The number of rotatable bonds is 5. The molecule has 0 aromatic heterocycles. The first-order chi connectivity index (χ1) is 15.3. The van der Waals surface area contributed by atoms with Crippen LogP contribution < -0.4 is 10.2 Å². The van der Waals surface area contributed by atoms with Gasteiger partial charge in [0.25, 0.3) is 11.8 Å². The first kappa shape index (κ1) is 21.5. The van der Waals surface area contributed by atoms with Crippen LogP contribution in [0.25, 0.3) is 5.57 Å². The SMILES string of the molecule is Cc1ccc(NC2=C(c3ccc(F)cc3)C(=O)N(c3ccc(C(C)C)cc3)C2=O)c(C)c1. The van der Waals surface area contributed by atoms with Gasteiger partial charge in [-0.05, 0) is 66.8 Å². The number of benzene rings is 3. The third-order valence-corrected chi connectivity index (χ3v) is 5.68. The van der Waals surface area contributed by atoms with Gasteiger partial charge in [0.15, 0.2) is 0 Å². The van der Waals surface area contributed by atoms with Gasteiger partial charge < -0.3 is 5.32 Å². The number of anilines is 2. The van der Waals surface area contributed by atoms with Gasteiger partial charge >= 0.3 is 0 Å². The maximum Gasteiger partial charge on any atom is 0.282 e. The van der Waals surface area contributed by atoms with Crippen molar-refractivity contribution < 1.29 is 14.0 Å². The number of nitrogens with zero attached hydrogens (tertiary/aromatic N) is 1. The Labute approximate surface area is 187 Å². The number of nitrogens with one attached hydrogen (secondary N) is 1. The van der Waals surface area contributed by atoms with Crippen molar-refractivity contribution in [3.63, 3.8) is 0 Å². The molecular formula is C27H25FN2O2. The smallest absolute Gasteiger partial charge is 0.282 e. The average Bonchev–Trinajstić information content (AvgIpc) is 3.00. The van der Waals surface area contributed by atoms with Crippen molar-refractivity contribution in [3.05, 3.63) is 100 Å². The van der Waals surface area contributed by atoms with Crippen molar-refractivity contribution in [1.82, 2.24) is 0 Å². The molecule has 1 aliphatic heterocycles. The molecule has 0 bridgehead atoms. The zero-order valence-corrected chi connectivity index (χ0v) is 18.6. The van der Waals surface area contributed by atoms with Crippen LogP contribution in [0, 0.1) is 19.7 Å². The molecule has 1 N–H and O–H groups in total. The fourth-order valence-electron chi connectivity index (χ4n) is 3.86. The molecule has 0 saturated heterocycles. The normalized spacial score (nSPS) is 14.0. The number of hydrogen-bond acceptors (Lipinski definition) is 3. The van der Waals surface area contributed by atoms with Crippen molar-refractivity contribution in [2.24, 2.45) is 0 Å². The monoisotopic (exact) mass is 428 g/mol. The van der Waals surface area contributed by atoms with E-state index in [1.807, 2.05) is 44.2 Å². The summed E-state index contributed by atoms with van der Waals surface area (Å²) in [5.41, 5.74) is 5.30. The van der Waals surface area contributed by atoms with Gasteiger partial charge in [0.2, 0.25) is 0 Å². The van der Waals surface area contributed by atoms with Crippen LogP contribution in [0.15, 0.2) is 72.4 Å². The molecule has 0 spiro atoms. The van der Waals surface area contributed by atoms with Crippen LogP contribution in [0.3, 0.4) is 0 Å². The minimum atomic E-state index is -0.439. The summed E-state index contributed by atoms with van der Waals surface area (Å²) in [6, 6.07) is 18.9. The average molecular weight is 429 g/mol. The molecule has 32 heavy (non-hydrogen) atoms. The summed E-state index contributed by atoms with van der Waals surface area (Å²) in [6.07, 6.45) is 0. The Kier molecular flexibility index (Phi) is 5.66. The van der Waals surface area contributed by atoms with Crippen LogP contribution in [-0.2, 0) is 9.59 Å². The van der Waals surface area contributed by atoms with Crippen LogP contribution in [0.1, 0.15) is 42.0 Å². The fraction of sp³-hybridized carbons (Fsp3) is 0.185. The summed E-state index contributed by atoms with van der Waals surface area (Å²) >= 11 is 0. The van der Waals surface area contributed by atoms with Crippen molar-refractivity contribution >= 4 is 28.8 Å². The first-order valence-electron chi connectivity index (χ1n) is 10.6. The lowest BCUT2D eigenvalue weighted by Gasteiger charge is -2.17. The van der Waals surface area contributed by atoms with Gasteiger partial charge in [-0.2, -0.15) is 0 Å². The maximum absolute atomic E-state index is 13.5. The van der Waals surface area contributed by atoms with E-state index in [0.29, 0.717) is 17.2 Å². The van der Waals surface area contributed by atoms with Crippen molar-refractivity contribution in [2.45, 2.75) is 33.6 Å². The molecule has 0 saturated carbocycles. The third kappa shape index (κ3) is 3.94. The Balaban J connectivity index is 1.80. The first-order valence-corrected chi connectivity index (χ1v) is 10.6. The van der Waals surface area contributed by atoms with Crippen LogP contribution in [0.4, 0.5) is 15.8 Å². The van der Waals surface area contributed by atoms with Crippen molar-refractivity contribution in [1.29, 1.82) is 0 Å². The van der Waals surface area contributed by atoms with Gasteiger partial charge in [-0.1, -0.05) is 55.8 Å². The van der Waals surface area contributed by atoms with Gasteiger partial charge in [-0.25, -0.2) is 9.29 Å². The number of carbonyl (C=O) groups is 2. The Hall–Kier alpha value is -3.73. The highest BCUT2D eigenvalue weighted by atomic mass is 19.1. The molecule has 1 heterocycles. The number of carbonyl (C=O) groups excluding carboxylic acids is 2. The highest BCUT2D eigenvalue weighted by molar-refractivity contribution is 6.46. The molecule has 0 atom stereocenters. The number of hydrogen-bond donors (Lipinski definition) is 1. The van der Waals surface area contributed by atoms with E-state index in [4.69, 9.17) is 0 Å². The van der Waals surface area contributed by atoms with Gasteiger partial charge in [-0.3, -0.25) is 9.59 Å². The zero-order chi connectivity index (χ0) is 23.0. The molecule has 0 unspecified atom stereocenters. The molecule has 1 aliphatic rings. The number of imide groups is 1. The third-order valence-electron chi connectivity index (χ3n) is 5.68. The highest BCUT2D eigenvalue weighted by Gasteiger charge is 2.40. The van der Waals surface area contributed by atoms with Crippen LogP contribution >= 0.6 is 0 Å². The lowest BCUT2D eigenvalue weighted by molar-refractivity contribution is -0.120. The Morgan fingerprint density at radius 1 is 0.844 bits per heavy atom. The van der Waals surface area contributed by atoms with E-state index in [-0.39, 0.29) is 11.3 Å². The summed E-state index contributed by atoms with van der Waals surface area (Å²) in [6.45, 7) is 8.10. The molecular weight excluding hydrogens is 403 g/mol. The second kappa shape index (κ2) is 8.42. The molecule has 2 amide bonds. The Morgan fingerprint density at radius 2 is 1.50 bits per heavy atom. The van der Waals surface area contributed by atoms with Crippen LogP contribution in [0.2, 0.25) is 0 Å². The van der Waals surface area contributed by atoms with E-state index in [1.165, 1.54) is 29.2 Å². The zero-order valence-electron chi connectivity index (χ0n) is 18.6. The number of halogens is 1. The number of amides is 2. The van der Waals surface area contributed by atoms with Crippen LogP contribution in [0.5, 0.6) is 0 Å². The number of aryl methyl sites for hydroxylation is 2. The summed E-state index contributed by atoms with van der Waals surface area (Å²) in [4.78, 5) is 28.1. The Morgan fingerprint density at radius 3 is 2.09 bits per heavy atom. The predicted octanol–water partition coefficient (Wildman–Crippen LogP) is 5.96. The summed E-state index contributed by atoms with van der Waals surface area (Å²) in [5, 5.41) is 3.18. The topological polar surface area (TPSA) is 49.4 Å². The molecule has 4 nitrogen and oxygen atoms in total. The van der Waals surface area contributed by atoms with E-state index in [0.717, 1.165) is 22.4 Å². The molecule has 162 valence electrons.